The van der Waals surface area contributed by atoms with Gasteiger partial charge in [0.05, 0.1) is 17.3 Å². The second-order valence-electron chi connectivity index (χ2n) is 5.67. The summed E-state index contributed by atoms with van der Waals surface area (Å²) in [5, 5.41) is 4.10. The lowest BCUT2D eigenvalue weighted by Crippen LogP contribution is -2.25. The number of nitrogen functional groups attached to an aromatic ring is 1. The minimum Gasteiger partial charge on any atom is -0.397 e. The Morgan fingerprint density at radius 2 is 2.35 bits per heavy atom. The molecule has 2 heterocycles. The molecule has 0 spiro atoms. The topological polar surface area (TPSA) is 67.6 Å². The van der Waals surface area contributed by atoms with E-state index in [2.05, 4.69) is 10.2 Å². The van der Waals surface area contributed by atoms with E-state index in [0.29, 0.717) is 22.5 Å². The molecule has 0 radical (unpaired) electrons. The Bertz CT molecular complexity index is 499. The summed E-state index contributed by atoms with van der Waals surface area (Å²) in [5.74, 6) is 0.556. The van der Waals surface area contributed by atoms with Crippen molar-refractivity contribution < 1.29 is 9.53 Å². The monoisotopic (exact) mass is 295 g/mol. The first-order valence-electron chi connectivity index (χ1n) is 7.11. The van der Waals surface area contributed by atoms with Crippen LogP contribution >= 0.6 is 11.3 Å². The van der Waals surface area contributed by atoms with Gasteiger partial charge in [-0.1, -0.05) is 0 Å². The van der Waals surface area contributed by atoms with Crippen molar-refractivity contribution in [1.29, 1.82) is 0 Å². The Labute approximate surface area is 123 Å². The van der Waals surface area contributed by atoms with E-state index in [-0.39, 0.29) is 5.91 Å². The van der Waals surface area contributed by atoms with Gasteiger partial charge in [0.15, 0.2) is 0 Å². The van der Waals surface area contributed by atoms with Crippen molar-refractivity contribution in [3.05, 3.63) is 10.9 Å². The zero-order valence-corrected chi connectivity index (χ0v) is 12.5. The summed E-state index contributed by atoms with van der Waals surface area (Å²) < 4.78 is 5.22. The molecular weight excluding hydrogens is 274 g/mol. The summed E-state index contributed by atoms with van der Waals surface area (Å²) in [5.41, 5.74) is 6.59. The molecule has 0 aromatic carbocycles. The summed E-state index contributed by atoms with van der Waals surface area (Å²) in [6.07, 6.45) is 3.32. The SMILES string of the molecule is COCC1CCN(c2cc(N)c(C(=O)NC3CC3)s2)C1. The molecule has 1 saturated carbocycles. The Morgan fingerprint density at radius 1 is 1.55 bits per heavy atom. The van der Waals surface area contributed by atoms with Crippen molar-refractivity contribution in [2.75, 3.05) is 37.4 Å². The minimum absolute atomic E-state index is 0.0195. The zero-order chi connectivity index (χ0) is 14.1. The molecule has 2 aliphatic rings. The maximum atomic E-state index is 12.1. The van der Waals surface area contributed by atoms with Gasteiger partial charge in [0.25, 0.3) is 5.91 Å². The summed E-state index contributed by atoms with van der Waals surface area (Å²) >= 11 is 1.50. The summed E-state index contributed by atoms with van der Waals surface area (Å²) in [6.45, 7) is 2.79. The van der Waals surface area contributed by atoms with Gasteiger partial charge >= 0.3 is 0 Å². The van der Waals surface area contributed by atoms with Gasteiger partial charge in [-0.25, -0.2) is 0 Å². The van der Waals surface area contributed by atoms with E-state index >= 15 is 0 Å². The Morgan fingerprint density at radius 3 is 3.05 bits per heavy atom. The molecule has 110 valence electrons. The summed E-state index contributed by atoms with van der Waals surface area (Å²) in [4.78, 5) is 15.1. The predicted molar refractivity (Wildman–Crippen MR) is 81.4 cm³/mol. The number of hydrogen-bond donors (Lipinski definition) is 2. The average Bonchev–Trinajstić information content (AvgIpc) is 2.96. The number of rotatable bonds is 5. The van der Waals surface area contributed by atoms with Crippen LogP contribution in [0.3, 0.4) is 0 Å². The van der Waals surface area contributed by atoms with Crippen LogP contribution in [0.25, 0.3) is 0 Å². The lowest BCUT2D eigenvalue weighted by molar-refractivity contribution is 0.0956. The highest BCUT2D eigenvalue weighted by atomic mass is 32.1. The number of carbonyl (C=O) groups excluding carboxylic acids is 1. The highest BCUT2D eigenvalue weighted by molar-refractivity contribution is 7.18. The van der Waals surface area contributed by atoms with Crippen LogP contribution in [0.15, 0.2) is 6.07 Å². The standard InChI is InChI=1S/C14H21N3O2S/c1-19-8-9-4-5-17(7-9)12-6-11(15)13(20-12)14(18)16-10-2-3-10/h6,9-10H,2-5,7-8,15H2,1H3,(H,16,18). The molecule has 3 N–H and O–H groups in total. The van der Waals surface area contributed by atoms with E-state index in [1.807, 2.05) is 6.07 Å². The number of ether oxygens (including phenoxy) is 1. The Balaban J connectivity index is 1.67. The third kappa shape index (κ3) is 2.91. The third-order valence-electron chi connectivity index (χ3n) is 3.87. The first-order chi connectivity index (χ1) is 9.67. The molecule has 1 aliphatic heterocycles. The van der Waals surface area contributed by atoms with E-state index in [1.54, 1.807) is 7.11 Å². The van der Waals surface area contributed by atoms with Crippen LogP contribution < -0.4 is 16.0 Å². The van der Waals surface area contributed by atoms with E-state index in [9.17, 15) is 4.79 Å². The van der Waals surface area contributed by atoms with E-state index in [4.69, 9.17) is 10.5 Å². The quantitative estimate of drug-likeness (QED) is 0.867. The third-order valence-corrected chi connectivity index (χ3v) is 5.08. The molecule has 1 aromatic heterocycles. The van der Waals surface area contributed by atoms with E-state index < -0.39 is 0 Å². The molecule has 1 amide bonds. The molecule has 1 aromatic rings. The number of nitrogens with one attached hydrogen (secondary N) is 1. The molecule has 1 saturated heterocycles. The fraction of sp³-hybridized carbons (Fsp3) is 0.643. The smallest absolute Gasteiger partial charge is 0.263 e. The first kappa shape index (κ1) is 13.7. The Kier molecular flexibility index (Phi) is 3.85. The van der Waals surface area contributed by atoms with Gasteiger partial charge in [0.2, 0.25) is 0 Å². The highest BCUT2D eigenvalue weighted by Crippen LogP contribution is 2.35. The lowest BCUT2D eigenvalue weighted by atomic mass is 10.1. The number of carbonyl (C=O) groups is 1. The van der Waals surface area contributed by atoms with Gasteiger partial charge in [0.1, 0.15) is 4.88 Å². The average molecular weight is 295 g/mol. The lowest BCUT2D eigenvalue weighted by Gasteiger charge is -2.15. The molecule has 0 bridgehead atoms. The number of hydrogen-bond acceptors (Lipinski definition) is 5. The van der Waals surface area contributed by atoms with Crippen LogP contribution in [0.5, 0.6) is 0 Å². The van der Waals surface area contributed by atoms with Crippen LogP contribution in [0.1, 0.15) is 28.9 Å². The molecule has 1 aliphatic carbocycles. The van der Waals surface area contributed by atoms with Crippen LogP contribution in [-0.2, 0) is 4.74 Å². The fourth-order valence-electron chi connectivity index (χ4n) is 2.61. The second-order valence-corrected chi connectivity index (χ2v) is 6.70. The fourth-order valence-corrected chi connectivity index (χ4v) is 3.63. The van der Waals surface area contributed by atoms with Crippen molar-refractivity contribution in [1.82, 2.24) is 5.32 Å². The molecule has 1 unspecified atom stereocenters. The van der Waals surface area contributed by atoms with Gasteiger partial charge in [-0.3, -0.25) is 4.79 Å². The number of methoxy groups -OCH3 is 1. The first-order valence-corrected chi connectivity index (χ1v) is 7.93. The Hall–Kier alpha value is -1.27. The number of anilines is 2. The van der Waals surface area contributed by atoms with Crippen LogP contribution in [0, 0.1) is 5.92 Å². The van der Waals surface area contributed by atoms with Gasteiger partial charge in [-0.15, -0.1) is 11.3 Å². The molecule has 5 nitrogen and oxygen atoms in total. The molecule has 1 atom stereocenters. The highest BCUT2D eigenvalue weighted by Gasteiger charge is 2.28. The molecular formula is C14H21N3O2S. The number of amides is 1. The van der Waals surface area contributed by atoms with Crippen LogP contribution in [-0.4, -0.2) is 38.8 Å². The van der Waals surface area contributed by atoms with E-state index in [1.165, 1.54) is 11.3 Å². The zero-order valence-electron chi connectivity index (χ0n) is 11.7. The molecule has 20 heavy (non-hydrogen) atoms. The maximum absolute atomic E-state index is 12.1. The summed E-state index contributed by atoms with van der Waals surface area (Å²) in [6, 6.07) is 2.30. The van der Waals surface area contributed by atoms with Gasteiger partial charge in [-0.05, 0) is 25.3 Å². The number of nitrogens with zero attached hydrogens (tertiary/aromatic N) is 1. The maximum Gasteiger partial charge on any atom is 0.263 e. The second kappa shape index (κ2) is 5.61. The largest absolute Gasteiger partial charge is 0.397 e. The van der Waals surface area contributed by atoms with Gasteiger partial charge in [0, 0.05) is 32.2 Å². The van der Waals surface area contributed by atoms with Crippen LogP contribution in [0.2, 0.25) is 0 Å². The summed E-state index contributed by atoms with van der Waals surface area (Å²) in [7, 11) is 1.74. The van der Waals surface area contributed by atoms with Gasteiger partial charge < -0.3 is 20.7 Å². The van der Waals surface area contributed by atoms with Crippen molar-refractivity contribution >= 4 is 27.9 Å². The van der Waals surface area contributed by atoms with Crippen molar-refractivity contribution in [2.45, 2.75) is 25.3 Å². The van der Waals surface area contributed by atoms with Crippen molar-refractivity contribution in [3.8, 4) is 0 Å². The normalized spacial score (nSPS) is 22.2. The van der Waals surface area contributed by atoms with Crippen molar-refractivity contribution in [2.24, 2.45) is 5.92 Å². The number of thiophene rings is 1. The molecule has 2 fully saturated rings. The van der Waals surface area contributed by atoms with Crippen molar-refractivity contribution in [3.63, 3.8) is 0 Å². The number of nitrogens with two attached hydrogens (primary N) is 1. The predicted octanol–water partition coefficient (Wildman–Crippen LogP) is 1.70. The van der Waals surface area contributed by atoms with E-state index in [0.717, 1.165) is 44.0 Å². The molecule has 6 heteroatoms. The van der Waals surface area contributed by atoms with Gasteiger partial charge in [-0.2, -0.15) is 0 Å². The molecule has 3 rings (SSSR count). The van der Waals surface area contributed by atoms with Crippen LogP contribution in [0.4, 0.5) is 10.7 Å². The minimum atomic E-state index is -0.0195.